The fourth-order valence-corrected chi connectivity index (χ4v) is 2.10. The lowest BCUT2D eigenvalue weighted by Gasteiger charge is -2.09. The van der Waals surface area contributed by atoms with E-state index in [-0.39, 0.29) is 6.42 Å². The van der Waals surface area contributed by atoms with Crippen LogP contribution in [0.15, 0.2) is 28.7 Å². The number of carbonyl (C=O) groups excluding carboxylic acids is 1. The van der Waals surface area contributed by atoms with E-state index in [1.165, 1.54) is 6.08 Å². The van der Waals surface area contributed by atoms with E-state index in [2.05, 4.69) is 27.2 Å². The second kappa shape index (κ2) is 7.51. The molecule has 1 aromatic rings. The molecule has 1 atom stereocenters. The van der Waals surface area contributed by atoms with Gasteiger partial charge in [0.05, 0.1) is 0 Å². The molecule has 0 bridgehead atoms. The molecule has 0 aromatic heterocycles. The molecule has 20 heavy (non-hydrogen) atoms. The zero-order valence-electron chi connectivity index (χ0n) is 10.9. The number of hydrogen-bond acceptors (Lipinski definition) is 2. The Hall–Kier alpha value is -2.06. The fourth-order valence-electron chi connectivity index (χ4n) is 1.47. The summed E-state index contributed by atoms with van der Waals surface area (Å²) in [6.07, 6.45) is 7.89. The highest BCUT2D eigenvalue weighted by molar-refractivity contribution is 9.10. The van der Waals surface area contributed by atoms with Gasteiger partial charge in [-0.2, -0.15) is 0 Å². The number of rotatable bonds is 5. The van der Waals surface area contributed by atoms with Crippen LogP contribution < -0.4 is 5.32 Å². The normalized spacial score (nSPS) is 11.8. The largest absolute Gasteiger partial charge is 0.480 e. The van der Waals surface area contributed by atoms with Crippen molar-refractivity contribution in [3.63, 3.8) is 0 Å². The number of nitrogens with one attached hydrogen (secondary N) is 1. The van der Waals surface area contributed by atoms with Crippen LogP contribution in [0.25, 0.3) is 6.08 Å². The summed E-state index contributed by atoms with van der Waals surface area (Å²) in [7, 11) is 0. The van der Waals surface area contributed by atoms with E-state index >= 15 is 0 Å². The molecule has 0 aliphatic heterocycles. The molecule has 1 unspecified atom stereocenters. The van der Waals surface area contributed by atoms with Gasteiger partial charge in [-0.25, -0.2) is 4.79 Å². The number of amides is 1. The van der Waals surface area contributed by atoms with Crippen molar-refractivity contribution in [2.24, 2.45) is 0 Å². The highest BCUT2D eigenvalue weighted by Crippen LogP contribution is 2.19. The first-order valence-corrected chi connectivity index (χ1v) is 6.64. The van der Waals surface area contributed by atoms with Gasteiger partial charge in [-0.1, -0.05) is 28.1 Å². The first kappa shape index (κ1) is 16.0. The quantitative estimate of drug-likeness (QED) is 0.641. The smallest absolute Gasteiger partial charge is 0.327 e. The summed E-state index contributed by atoms with van der Waals surface area (Å²) in [5.74, 6) is 0.565. The molecule has 1 amide bonds. The Kier molecular flexibility index (Phi) is 6.01. The van der Waals surface area contributed by atoms with Gasteiger partial charge in [0, 0.05) is 17.0 Å². The Morgan fingerprint density at radius 2 is 2.25 bits per heavy atom. The van der Waals surface area contributed by atoms with Crippen molar-refractivity contribution in [1.82, 2.24) is 5.32 Å². The molecule has 1 rings (SSSR count). The number of carbonyl (C=O) groups is 2. The number of terminal acetylenes is 1. The average molecular weight is 336 g/mol. The van der Waals surface area contributed by atoms with Gasteiger partial charge in [0.15, 0.2) is 0 Å². The van der Waals surface area contributed by atoms with Gasteiger partial charge in [0.2, 0.25) is 5.91 Å². The maximum Gasteiger partial charge on any atom is 0.327 e. The van der Waals surface area contributed by atoms with Crippen LogP contribution in [0.5, 0.6) is 0 Å². The van der Waals surface area contributed by atoms with Gasteiger partial charge in [-0.05, 0) is 30.2 Å². The van der Waals surface area contributed by atoms with Crippen molar-refractivity contribution in [3.05, 3.63) is 39.9 Å². The minimum atomic E-state index is -1.15. The van der Waals surface area contributed by atoms with Crippen molar-refractivity contribution in [2.45, 2.75) is 19.4 Å². The van der Waals surface area contributed by atoms with Crippen LogP contribution in [0.2, 0.25) is 0 Å². The predicted octanol–water partition coefficient (Wildman–Crippen LogP) is 2.36. The lowest BCUT2D eigenvalue weighted by Crippen LogP contribution is -2.39. The summed E-state index contributed by atoms with van der Waals surface area (Å²) >= 11 is 3.39. The number of benzene rings is 1. The minimum absolute atomic E-state index is 0.0524. The second-order valence-corrected chi connectivity index (χ2v) is 5.02. The van der Waals surface area contributed by atoms with Crippen LogP contribution in [-0.2, 0) is 9.59 Å². The first-order chi connectivity index (χ1) is 9.43. The van der Waals surface area contributed by atoms with Gasteiger partial charge in [0.1, 0.15) is 6.04 Å². The molecule has 5 heteroatoms. The molecule has 0 aliphatic carbocycles. The zero-order chi connectivity index (χ0) is 15.1. The second-order valence-electron chi connectivity index (χ2n) is 4.17. The highest BCUT2D eigenvalue weighted by atomic mass is 79.9. The number of carboxylic acids is 1. The van der Waals surface area contributed by atoms with Crippen LogP contribution in [0.3, 0.4) is 0 Å². The summed E-state index contributed by atoms with van der Waals surface area (Å²) in [5, 5.41) is 11.2. The SMILES string of the molecule is C#CCC(NC(=O)/C=C/c1ccc(C)cc1Br)C(=O)O. The predicted molar refractivity (Wildman–Crippen MR) is 80.9 cm³/mol. The Bertz CT molecular complexity index is 587. The summed E-state index contributed by atoms with van der Waals surface area (Å²) in [6.45, 7) is 1.96. The molecule has 104 valence electrons. The van der Waals surface area contributed by atoms with E-state index in [9.17, 15) is 9.59 Å². The number of hydrogen-bond donors (Lipinski definition) is 2. The molecule has 4 nitrogen and oxygen atoms in total. The van der Waals surface area contributed by atoms with Crippen LogP contribution in [0.1, 0.15) is 17.5 Å². The van der Waals surface area contributed by atoms with Crippen molar-refractivity contribution in [3.8, 4) is 12.3 Å². The summed E-state index contributed by atoms with van der Waals surface area (Å²) in [5.41, 5.74) is 1.92. The monoisotopic (exact) mass is 335 g/mol. The molecule has 0 heterocycles. The lowest BCUT2D eigenvalue weighted by atomic mass is 10.1. The molecular formula is C15H14BrNO3. The van der Waals surface area contributed by atoms with Gasteiger partial charge in [-0.3, -0.25) is 4.79 Å². The molecule has 2 N–H and O–H groups in total. The Labute approximate surface area is 126 Å². The van der Waals surface area contributed by atoms with Crippen molar-refractivity contribution >= 4 is 33.9 Å². The number of aryl methyl sites for hydroxylation is 1. The van der Waals surface area contributed by atoms with Crippen LogP contribution in [0.4, 0.5) is 0 Å². The van der Waals surface area contributed by atoms with Crippen LogP contribution >= 0.6 is 15.9 Å². The van der Waals surface area contributed by atoms with Crippen molar-refractivity contribution in [1.29, 1.82) is 0 Å². The molecule has 1 aromatic carbocycles. The van der Waals surface area contributed by atoms with E-state index in [4.69, 9.17) is 11.5 Å². The highest BCUT2D eigenvalue weighted by Gasteiger charge is 2.17. The third-order valence-electron chi connectivity index (χ3n) is 2.51. The summed E-state index contributed by atoms with van der Waals surface area (Å²) < 4.78 is 0.861. The first-order valence-electron chi connectivity index (χ1n) is 5.85. The standard InChI is InChI=1S/C15H14BrNO3/c1-3-4-13(15(19)20)17-14(18)8-7-11-6-5-10(2)9-12(11)16/h1,5-9,13H,4H2,2H3,(H,17,18)(H,19,20)/b8-7+. The van der Waals surface area contributed by atoms with E-state index in [1.807, 2.05) is 25.1 Å². The lowest BCUT2D eigenvalue weighted by molar-refractivity contribution is -0.141. The maximum atomic E-state index is 11.6. The molecule has 0 aliphatic rings. The van der Waals surface area contributed by atoms with Crippen molar-refractivity contribution in [2.75, 3.05) is 0 Å². The van der Waals surface area contributed by atoms with Crippen LogP contribution in [-0.4, -0.2) is 23.0 Å². The number of aliphatic carboxylic acids is 1. The summed E-state index contributed by atoms with van der Waals surface area (Å²) in [4.78, 5) is 22.5. The number of carboxylic acid groups (broad SMARTS) is 1. The molecule has 0 radical (unpaired) electrons. The van der Waals surface area contributed by atoms with Gasteiger partial charge < -0.3 is 10.4 Å². The zero-order valence-corrected chi connectivity index (χ0v) is 12.5. The minimum Gasteiger partial charge on any atom is -0.480 e. The van der Waals surface area contributed by atoms with E-state index in [0.717, 1.165) is 15.6 Å². The molecule has 0 saturated carbocycles. The van der Waals surface area contributed by atoms with Gasteiger partial charge in [-0.15, -0.1) is 12.3 Å². The molecular weight excluding hydrogens is 322 g/mol. The fraction of sp³-hybridized carbons (Fsp3) is 0.200. The Morgan fingerprint density at radius 3 is 2.80 bits per heavy atom. The maximum absolute atomic E-state index is 11.6. The van der Waals surface area contributed by atoms with Gasteiger partial charge >= 0.3 is 5.97 Å². The summed E-state index contributed by atoms with van der Waals surface area (Å²) in [6, 6.07) is 4.63. The Balaban J connectivity index is 2.72. The Morgan fingerprint density at radius 1 is 1.55 bits per heavy atom. The van der Waals surface area contributed by atoms with Crippen molar-refractivity contribution < 1.29 is 14.7 Å². The molecule has 0 saturated heterocycles. The third-order valence-corrected chi connectivity index (χ3v) is 3.19. The molecule has 0 spiro atoms. The number of halogens is 1. The molecule has 0 fully saturated rings. The van der Waals surface area contributed by atoms with E-state index in [1.54, 1.807) is 6.08 Å². The average Bonchev–Trinajstić information content (AvgIpc) is 2.37. The van der Waals surface area contributed by atoms with Crippen LogP contribution in [0, 0.1) is 19.3 Å². The van der Waals surface area contributed by atoms with Gasteiger partial charge in [0.25, 0.3) is 0 Å². The van der Waals surface area contributed by atoms with E-state index in [0.29, 0.717) is 0 Å². The third kappa shape index (κ3) is 4.90. The topological polar surface area (TPSA) is 66.4 Å². The van der Waals surface area contributed by atoms with E-state index < -0.39 is 17.9 Å².